The van der Waals surface area contributed by atoms with Crippen LogP contribution < -0.4 is 0 Å². The third-order valence-electron chi connectivity index (χ3n) is 3.79. The van der Waals surface area contributed by atoms with Crippen molar-refractivity contribution < 1.29 is 0 Å². The zero-order valence-electron chi connectivity index (χ0n) is 12.8. The molecule has 0 saturated heterocycles. The van der Waals surface area contributed by atoms with Gasteiger partial charge in [0, 0.05) is 35.7 Å². The number of hydrogen-bond donors (Lipinski definition) is 0. The zero-order valence-corrected chi connectivity index (χ0v) is 13.6. The Bertz CT molecular complexity index is 756. The van der Waals surface area contributed by atoms with E-state index in [2.05, 4.69) is 46.7 Å². The van der Waals surface area contributed by atoms with Crippen LogP contribution in [0.4, 0.5) is 0 Å². The Balaban J connectivity index is 1.67. The highest BCUT2D eigenvalue weighted by Crippen LogP contribution is 2.21. The van der Waals surface area contributed by atoms with E-state index in [4.69, 9.17) is 11.6 Å². The molecule has 3 heteroatoms. The molecule has 23 heavy (non-hydrogen) atoms. The Kier molecular flexibility index (Phi) is 5.38. The maximum Gasteiger partial charge on any atom is 0.0472 e. The Hall–Kier alpha value is -2.19. The number of pyridine rings is 2. The van der Waals surface area contributed by atoms with Crippen molar-refractivity contribution in [2.75, 3.05) is 0 Å². The largest absolute Gasteiger partial charge is 0.264 e. The number of nitrogens with zero attached hydrogens (tertiary/aromatic N) is 2. The van der Waals surface area contributed by atoms with Crippen molar-refractivity contribution in [1.82, 2.24) is 9.97 Å². The fraction of sp³-hybridized carbons (Fsp3) is 0.150. The summed E-state index contributed by atoms with van der Waals surface area (Å²) >= 11 is 6.25. The number of halogens is 1. The third-order valence-corrected chi connectivity index (χ3v) is 4.16. The highest BCUT2D eigenvalue weighted by molar-refractivity contribution is 6.31. The predicted octanol–water partition coefficient (Wildman–Crippen LogP) is 4.71. The molecule has 115 valence electrons. The first-order chi connectivity index (χ1) is 11.3. The fourth-order valence-electron chi connectivity index (χ4n) is 2.57. The first-order valence-electron chi connectivity index (χ1n) is 7.69. The summed E-state index contributed by atoms with van der Waals surface area (Å²) in [6, 6.07) is 16.3. The van der Waals surface area contributed by atoms with Gasteiger partial charge >= 0.3 is 0 Å². The summed E-state index contributed by atoms with van der Waals surface area (Å²) in [5.41, 5.74) is 4.77. The summed E-state index contributed by atoms with van der Waals surface area (Å²) in [6.45, 7) is 0. The molecule has 3 aromatic rings. The number of hydrogen-bond acceptors (Lipinski definition) is 2. The van der Waals surface area contributed by atoms with Crippen molar-refractivity contribution in [3.8, 4) is 0 Å². The van der Waals surface area contributed by atoms with E-state index in [9.17, 15) is 0 Å². The molecule has 0 bridgehead atoms. The van der Waals surface area contributed by atoms with Crippen molar-refractivity contribution >= 4 is 11.6 Å². The molecule has 2 heterocycles. The molecule has 0 fully saturated rings. The molecule has 0 saturated carbocycles. The minimum atomic E-state index is 0.771. The quantitative estimate of drug-likeness (QED) is 0.657. The molecule has 0 unspecified atom stereocenters. The van der Waals surface area contributed by atoms with E-state index in [1.165, 1.54) is 11.1 Å². The molecular formula is C20H18ClN2. The summed E-state index contributed by atoms with van der Waals surface area (Å²) in [5.74, 6) is 0. The minimum absolute atomic E-state index is 0.771. The Morgan fingerprint density at radius 2 is 1.65 bits per heavy atom. The van der Waals surface area contributed by atoms with Gasteiger partial charge in [0.2, 0.25) is 0 Å². The second-order valence-electron chi connectivity index (χ2n) is 5.43. The van der Waals surface area contributed by atoms with Crippen LogP contribution in [0.1, 0.15) is 22.4 Å². The van der Waals surface area contributed by atoms with Gasteiger partial charge in [-0.3, -0.25) is 9.97 Å². The SMILES string of the molecule is Clc1ccncc1Cc1ccccc1C[CH]Cc1ccccn1. The van der Waals surface area contributed by atoms with Gasteiger partial charge in [0.1, 0.15) is 0 Å². The average Bonchev–Trinajstić information content (AvgIpc) is 2.59. The first kappa shape index (κ1) is 15.7. The van der Waals surface area contributed by atoms with Crippen LogP contribution >= 0.6 is 11.6 Å². The molecule has 3 rings (SSSR count). The van der Waals surface area contributed by atoms with Crippen LogP contribution in [0.25, 0.3) is 0 Å². The van der Waals surface area contributed by atoms with Gasteiger partial charge in [0.05, 0.1) is 0 Å². The molecule has 0 aliphatic carbocycles. The van der Waals surface area contributed by atoms with Gasteiger partial charge in [-0.05, 0) is 54.2 Å². The van der Waals surface area contributed by atoms with Crippen LogP contribution in [0.5, 0.6) is 0 Å². The Labute approximate surface area is 142 Å². The zero-order chi connectivity index (χ0) is 15.9. The molecule has 0 aliphatic rings. The van der Waals surface area contributed by atoms with Crippen LogP contribution in [0.3, 0.4) is 0 Å². The van der Waals surface area contributed by atoms with E-state index < -0.39 is 0 Å². The summed E-state index contributed by atoms with van der Waals surface area (Å²) in [5, 5.41) is 0.771. The van der Waals surface area contributed by atoms with Crippen LogP contribution in [0, 0.1) is 6.42 Å². The van der Waals surface area contributed by atoms with E-state index in [-0.39, 0.29) is 0 Å². The molecule has 0 amide bonds. The van der Waals surface area contributed by atoms with Crippen LogP contribution in [-0.4, -0.2) is 9.97 Å². The summed E-state index contributed by atoms with van der Waals surface area (Å²) in [6.07, 6.45) is 10.3. The summed E-state index contributed by atoms with van der Waals surface area (Å²) in [7, 11) is 0. The highest BCUT2D eigenvalue weighted by Gasteiger charge is 2.06. The van der Waals surface area contributed by atoms with Crippen molar-refractivity contribution in [1.29, 1.82) is 0 Å². The smallest absolute Gasteiger partial charge is 0.0472 e. The molecule has 0 spiro atoms. The minimum Gasteiger partial charge on any atom is -0.264 e. The van der Waals surface area contributed by atoms with Gasteiger partial charge in [0.25, 0.3) is 0 Å². The molecule has 0 N–H and O–H groups in total. The van der Waals surface area contributed by atoms with Crippen molar-refractivity contribution in [2.45, 2.75) is 19.3 Å². The van der Waals surface area contributed by atoms with Gasteiger partial charge in [-0.25, -0.2) is 0 Å². The highest BCUT2D eigenvalue weighted by atomic mass is 35.5. The van der Waals surface area contributed by atoms with E-state index >= 15 is 0 Å². The fourth-order valence-corrected chi connectivity index (χ4v) is 2.74. The van der Waals surface area contributed by atoms with Crippen LogP contribution in [0.2, 0.25) is 5.02 Å². The van der Waals surface area contributed by atoms with E-state index in [1.807, 2.05) is 30.6 Å². The summed E-state index contributed by atoms with van der Waals surface area (Å²) in [4.78, 5) is 8.53. The number of aromatic nitrogens is 2. The Morgan fingerprint density at radius 3 is 2.43 bits per heavy atom. The second kappa shape index (κ2) is 7.89. The molecule has 2 nitrogen and oxygen atoms in total. The lowest BCUT2D eigenvalue weighted by Gasteiger charge is -2.10. The molecule has 1 radical (unpaired) electrons. The lowest BCUT2D eigenvalue weighted by molar-refractivity contribution is 0.964. The topological polar surface area (TPSA) is 25.8 Å². The standard InChI is InChI=1S/C20H18ClN2/c21-20-11-13-22-15-18(20)14-17-7-2-1-6-16(17)8-5-10-19-9-3-4-12-23-19/h1-7,9,11-13,15H,8,10,14H2. The van der Waals surface area contributed by atoms with Crippen LogP contribution in [0.15, 0.2) is 67.1 Å². The van der Waals surface area contributed by atoms with E-state index in [0.29, 0.717) is 0 Å². The van der Waals surface area contributed by atoms with Gasteiger partial charge < -0.3 is 0 Å². The van der Waals surface area contributed by atoms with Crippen molar-refractivity contribution in [3.63, 3.8) is 0 Å². The van der Waals surface area contributed by atoms with Gasteiger partial charge in [-0.2, -0.15) is 0 Å². The Morgan fingerprint density at radius 1 is 0.826 bits per heavy atom. The van der Waals surface area contributed by atoms with E-state index in [0.717, 1.165) is 35.5 Å². The monoisotopic (exact) mass is 321 g/mol. The van der Waals surface area contributed by atoms with Gasteiger partial charge in [-0.15, -0.1) is 0 Å². The normalized spacial score (nSPS) is 10.7. The summed E-state index contributed by atoms with van der Waals surface area (Å²) < 4.78 is 0. The van der Waals surface area contributed by atoms with E-state index in [1.54, 1.807) is 6.20 Å². The van der Waals surface area contributed by atoms with Crippen molar-refractivity contribution in [3.05, 3.63) is 101 Å². The molecule has 0 atom stereocenters. The average molecular weight is 322 g/mol. The first-order valence-corrected chi connectivity index (χ1v) is 8.07. The number of benzene rings is 1. The maximum atomic E-state index is 6.25. The molecule has 2 aromatic heterocycles. The number of rotatable bonds is 6. The van der Waals surface area contributed by atoms with Crippen LogP contribution in [-0.2, 0) is 19.3 Å². The molecule has 1 aromatic carbocycles. The predicted molar refractivity (Wildman–Crippen MR) is 94.4 cm³/mol. The molecule has 0 aliphatic heterocycles. The van der Waals surface area contributed by atoms with Crippen molar-refractivity contribution in [2.24, 2.45) is 0 Å². The molecular weight excluding hydrogens is 304 g/mol. The maximum absolute atomic E-state index is 6.25. The van der Waals surface area contributed by atoms with Gasteiger partial charge in [0.15, 0.2) is 0 Å². The third kappa shape index (κ3) is 4.40. The lowest BCUT2D eigenvalue weighted by atomic mass is 9.96. The lowest BCUT2D eigenvalue weighted by Crippen LogP contribution is -1.99. The van der Waals surface area contributed by atoms with Gasteiger partial charge in [-0.1, -0.05) is 41.9 Å². The second-order valence-corrected chi connectivity index (χ2v) is 5.84.